The van der Waals surface area contributed by atoms with E-state index in [0.717, 1.165) is 10.5 Å². The van der Waals surface area contributed by atoms with Crippen LogP contribution in [0.3, 0.4) is 0 Å². The molecule has 0 aromatic heterocycles. The van der Waals surface area contributed by atoms with Gasteiger partial charge in [0.2, 0.25) is 10.0 Å². The third-order valence-corrected chi connectivity index (χ3v) is 7.29. The second-order valence-electron chi connectivity index (χ2n) is 8.03. The van der Waals surface area contributed by atoms with E-state index in [-0.39, 0.29) is 24.0 Å². The van der Waals surface area contributed by atoms with Crippen LogP contribution in [0.25, 0.3) is 0 Å². The second-order valence-corrected chi connectivity index (χ2v) is 9.97. The van der Waals surface area contributed by atoms with E-state index < -0.39 is 10.0 Å². The maximum Gasteiger partial charge on any atom is 0.281 e. The predicted octanol–water partition coefficient (Wildman–Crippen LogP) is 0.918. The van der Waals surface area contributed by atoms with Gasteiger partial charge in [-0.15, -0.1) is 0 Å². The first-order valence-corrected chi connectivity index (χ1v) is 11.2. The van der Waals surface area contributed by atoms with E-state index in [9.17, 15) is 13.2 Å². The Hall–Kier alpha value is -1.44. The number of amides is 1. The highest BCUT2D eigenvalue weighted by Crippen LogP contribution is 2.16. The molecule has 152 valence electrons. The van der Waals surface area contributed by atoms with E-state index in [1.165, 1.54) is 0 Å². The molecule has 0 aliphatic carbocycles. The lowest BCUT2D eigenvalue weighted by Crippen LogP contribution is -3.19. The largest absolute Gasteiger partial charge is 0.333 e. The Morgan fingerprint density at radius 1 is 1.00 bits per heavy atom. The summed E-state index contributed by atoms with van der Waals surface area (Å²) in [6.45, 7) is 14.2. The summed E-state index contributed by atoms with van der Waals surface area (Å²) in [6, 6.07) is 7.12. The highest BCUT2D eigenvalue weighted by molar-refractivity contribution is 7.89. The van der Waals surface area contributed by atoms with Crippen LogP contribution in [0.2, 0.25) is 0 Å². The Bertz CT molecular complexity index is 728. The van der Waals surface area contributed by atoms with E-state index in [1.807, 2.05) is 58.6 Å². The maximum atomic E-state index is 12.9. The molecule has 0 spiro atoms. The van der Waals surface area contributed by atoms with Crippen molar-refractivity contribution in [3.05, 3.63) is 29.8 Å². The van der Waals surface area contributed by atoms with Crippen molar-refractivity contribution >= 4 is 15.9 Å². The molecule has 1 atom stereocenters. The summed E-state index contributed by atoms with van der Waals surface area (Å²) in [5, 5.41) is 0. The van der Waals surface area contributed by atoms with Gasteiger partial charge in [0.25, 0.3) is 5.91 Å². The second kappa shape index (κ2) is 8.71. The molecule has 7 heteroatoms. The molecule has 1 fully saturated rings. The average Bonchev–Trinajstić information content (AvgIpc) is 2.61. The summed E-state index contributed by atoms with van der Waals surface area (Å²) in [5.41, 5.74) is 1.04. The van der Waals surface area contributed by atoms with Crippen LogP contribution in [-0.2, 0) is 14.8 Å². The van der Waals surface area contributed by atoms with Crippen molar-refractivity contribution in [3.8, 4) is 0 Å². The minimum absolute atomic E-state index is 0.143. The molecule has 1 heterocycles. The van der Waals surface area contributed by atoms with Gasteiger partial charge in [0.15, 0.2) is 6.04 Å². The standard InChI is InChI=1S/C20H33N3O3S/c1-15(2)23(16(3)4)20(24)18(6)21-11-13-22(14-12-21)27(25,26)19-9-7-17(5)8-10-19/h7-10,15-16,18H,11-14H2,1-6H3/p+1/t18-/m1/s1. The van der Waals surface area contributed by atoms with Crippen LogP contribution in [0, 0.1) is 6.92 Å². The number of nitrogens with zero attached hydrogens (tertiary/aromatic N) is 2. The van der Waals surface area contributed by atoms with Gasteiger partial charge in [-0.3, -0.25) is 4.79 Å². The first-order valence-electron chi connectivity index (χ1n) is 9.79. The van der Waals surface area contributed by atoms with Crippen LogP contribution in [0.15, 0.2) is 29.2 Å². The molecule has 0 unspecified atom stereocenters. The van der Waals surface area contributed by atoms with Gasteiger partial charge in [-0.2, -0.15) is 4.31 Å². The molecule has 0 saturated carbocycles. The Balaban J connectivity index is 2.04. The third-order valence-electron chi connectivity index (χ3n) is 5.37. The van der Waals surface area contributed by atoms with Crippen LogP contribution in [0.5, 0.6) is 0 Å². The molecule has 1 aliphatic rings. The molecule has 1 N–H and O–H groups in total. The highest BCUT2D eigenvalue weighted by atomic mass is 32.2. The number of carbonyl (C=O) groups excluding carboxylic acids is 1. The Morgan fingerprint density at radius 2 is 1.48 bits per heavy atom. The number of nitrogens with one attached hydrogen (secondary N) is 1. The number of sulfonamides is 1. The molecule has 1 aliphatic heterocycles. The fourth-order valence-corrected chi connectivity index (χ4v) is 5.25. The van der Waals surface area contributed by atoms with Crippen LogP contribution in [0.1, 0.15) is 40.2 Å². The Kier molecular flexibility index (Phi) is 7.05. The zero-order chi connectivity index (χ0) is 20.4. The van der Waals surface area contributed by atoms with Crippen LogP contribution in [0.4, 0.5) is 0 Å². The Morgan fingerprint density at radius 3 is 1.93 bits per heavy atom. The van der Waals surface area contributed by atoms with Gasteiger partial charge in [-0.05, 0) is 53.7 Å². The van der Waals surface area contributed by atoms with Crippen molar-refractivity contribution in [1.29, 1.82) is 0 Å². The molecule has 27 heavy (non-hydrogen) atoms. The summed E-state index contributed by atoms with van der Waals surface area (Å²) in [4.78, 5) is 16.3. The van der Waals surface area contributed by atoms with Crippen LogP contribution >= 0.6 is 0 Å². The fraction of sp³-hybridized carbons (Fsp3) is 0.650. The number of benzene rings is 1. The molecule has 0 radical (unpaired) electrons. The lowest BCUT2D eigenvalue weighted by atomic mass is 10.1. The highest BCUT2D eigenvalue weighted by Gasteiger charge is 2.36. The topological polar surface area (TPSA) is 62.1 Å². The van der Waals surface area contributed by atoms with E-state index in [1.54, 1.807) is 16.4 Å². The summed E-state index contributed by atoms with van der Waals surface area (Å²) in [7, 11) is -3.47. The Labute approximate surface area is 164 Å². The number of rotatable bonds is 6. The first-order chi connectivity index (χ1) is 12.6. The summed E-state index contributed by atoms with van der Waals surface area (Å²) >= 11 is 0. The van der Waals surface area contributed by atoms with Crippen molar-refractivity contribution in [1.82, 2.24) is 9.21 Å². The monoisotopic (exact) mass is 396 g/mol. The van der Waals surface area contributed by atoms with Gasteiger partial charge in [-0.1, -0.05) is 17.7 Å². The molecule has 1 aromatic carbocycles. The van der Waals surface area contributed by atoms with Crippen molar-refractivity contribution < 1.29 is 18.1 Å². The summed E-state index contributed by atoms with van der Waals surface area (Å²) in [5.74, 6) is 0.143. The van der Waals surface area contributed by atoms with Gasteiger partial charge in [-0.25, -0.2) is 8.42 Å². The summed E-state index contributed by atoms with van der Waals surface area (Å²) in [6.07, 6.45) is 0. The van der Waals surface area contributed by atoms with Gasteiger partial charge < -0.3 is 9.80 Å². The fourth-order valence-electron chi connectivity index (χ4n) is 3.81. The molecule has 1 aromatic rings. The number of carbonyl (C=O) groups is 1. The molecule has 6 nitrogen and oxygen atoms in total. The van der Waals surface area contributed by atoms with Crippen molar-refractivity contribution in [2.24, 2.45) is 0 Å². The normalized spacial score (nSPS) is 18.1. The average molecular weight is 397 g/mol. The van der Waals surface area contributed by atoms with E-state index in [0.29, 0.717) is 31.1 Å². The van der Waals surface area contributed by atoms with Crippen LogP contribution in [-0.4, -0.2) is 67.8 Å². The summed E-state index contributed by atoms with van der Waals surface area (Å²) < 4.78 is 27.2. The lowest BCUT2D eigenvalue weighted by Gasteiger charge is -2.38. The van der Waals surface area contributed by atoms with Crippen molar-refractivity contribution in [2.45, 2.75) is 64.6 Å². The number of hydrogen-bond donors (Lipinski definition) is 1. The van der Waals surface area contributed by atoms with Gasteiger partial charge in [0.05, 0.1) is 31.1 Å². The minimum atomic E-state index is -3.47. The minimum Gasteiger partial charge on any atom is -0.333 e. The molecular formula is C20H34N3O3S+. The van der Waals surface area contributed by atoms with Crippen molar-refractivity contribution in [2.75, 3.05) is 26.2 Å². The number of quaternary nitrogens is 1. The van der Waals surface area contributed by atoms with Gasteiger partial charge >= 0.3 is 0 Å². The SMILES string of the molecule is Cc1ccc(S(=O)(=O)N2CC[NH+]([C@H](C)C(=O)N(C(C)C)C(C)C)CC2)cc1. The molecule has 2 rings (SSSR count). The van der Waals surface area contributed by atoms with E-state index in [2.05, 4.69) is 0 Å². The molecule has 0 bridgehead atoms. The molecule has 1 amide bonds. The first kappa shape index (κ1) is 21.9. The van der Waals surface area contributed by atoms with E-state index in [4.69, 9.17) is 0 Å². The lowest BCUT2D eigenvalue weighted by molar-refractivity contribution is -0.918. The number of hydrogen-bond acceptors (Lipinski definition) is 3. The maximum absolute atomic E-state index is 12.9. The third kappa shape index (κ3) is 4.89. The number of aryl methyl sites for hydroxylation is 1. The zero-order valence-corrected chi connectivity index (χ0v) is 18.2. The quantitative estimate of drug-likeness (QED) is 0.778. The smallest absolute Gasteiger partial charge is 0.281 e. The zero-order valence-electron chi connectivity index (χ0n) is 17.4. The molecule has 1 saturated heterocycles. The van der Waals surface area contributed by atoms with Crippen molar-refractivity contribution in [3.63, 3.8) is 0 Å². The molecular weight excluding hydrogens is 362 g/mol. The van der Waals surface area contributed by atoms with Gasteiger partial charge in [0, 0.05) is 12.1 Å². The van der Waals surface area contributed by atoms with E-state index >= 15 is 0 Å². The van der Waals surface area contributed by atoms with Gasteiger partial charge in [0.1, 0.15) is 0 Å². The van der Waals surface area contributed by atoms with Crippen LogP contribution < -0.4 is 4.90 Å². The number of piperazine rings is 1. The predicted molar refractivity (Wildman–Crippen MR) is 107 cm³/mol.